The van der Waals surface area contributed by atoms with Gasteiger partial charge in [-0.15, -0.1) is 0 Å². The first-order valence-corrected chi connectivity index (χ1v) is 5.71. The van der Waals surface area contributed by atoms with Crippen LogP contribution >= 0.6 is 0 Å². The number of piperidine rings is 1. The molecule has 0 aromatic rings. The maximum Gasteiger partial charge on any atom is 0.0355 e. The summed E-state index contributed by atoms with van der Waals surface area (Å²) >= 11 is 0. The van der Waals surface area contributed by atoms with E-state index in [-0.39, 0.29) is 0 Å². The van der Waals surface area contributed by atoms with Crippen LogP contribution in [0.2, 0.25) is 0 Å². The number of likely N-dealkylation sites (tertiary alicyclic amines) is 1. The van der Waals surface area contributed by atoms with Gasteiger partial charge < -0.3 is 5.73 Å². The molecule has 0 aromatic heterocycles. The SMILES string of the molecule is CCN1CCCC(N)C1(CC)CC. The normalized spacial score (nSPS) is 29.1. The molecule has 1 saturated heterocycles. The van der Waals surface area contributed by atoms with Crippen molar-refractivity contribution in [1.82, 2.24) is 4.90 Å². The van der Waals surface area contributed by atoms with Crippen molar-refractivity contribution in [3.63, 3.8) is 0 Å². The summed E-state index contributed by atoms with van der Waals surface area (Å²) in [5.41, 5.74) is 6.56. The number of hydrogen-bond donors (Lipinski definition) is 1. The summed E-state index contributed by atoms with van der Waals surface area (Å²) in [4.78, 5) is 2.58. The summed E-state index contributed by atoms with van der Waals surface area (Å²) in [7, 11) is 0. The van der Waals surface area contributed by atoms with Gasteiger partial charge in [-0.05, 0) is 38.8 Å². The van der Waals surface area contributed by atoms with Crippen molar-refractivity contribution in [3.05, 3.63) is 0 Å². The molecule has 1 atom stereocenters. The van der Waals surface area contributed by atoms with E-state index < -0.39 is 0 Å². The van der Waals surface area contributed by atoms with Gasteiger partial charge in [0.05, 0.1) is 0 Å². The number of nitrogens with zero attached hydrogens (tertiary/aromatic N) is 1. The molecule has 0 aliphatic carbocycles. The van der Waals surface area contributed by atoms with Crippen LogP contribution in [0.25, 0.3) is 0 Å². The zero-order valence-corrected chi connectivity index (χ0v) is 9.34. The molecule has 0 spiro atoms. The lowest BCUT2D eigenvalue weighted by Crippen LogP contribution is -2.62. The van der Waals surface area contributed by atoms with Crippen LogP contribution in [-0.2, 0) is 0 Å². The second-order valence-corrected chi connectivity index (χ2v) is 4.14. The van der Waals surface area contributed by atoms with E-state index in [1.165, 1.54) is 32.2 Å². The standard InChI is InChI=1S/C11H24N2/c1-4-11(5-2)10(12)8-7-9-13(11)6-3/h10H,4-9,12H2,1-3H3. The molecule has 2 nitrogen and oxygen atoms in total. The van der Waals surface area contributed by atoms with Crippen molar-refractivity contribution in [2.45, 2.75) is 58.0 Å². The molecule has 2 heteroatoms. The summed E-state index contributed by atoms with van der Waals surface area (Å²) in [6.07, 6.45) is 4.87. The first-order valence-electron chi connectivity index (χ1n) is 5.71. The summed E-state index contributed by atoms with van der Waals surface area (Å²) in [6, 6.07) is 0.385. The molecule has 78 valence electrons. The van der Waals surface area contributed by atoms with Gasteiger partial charge in [-0.3, -0.25) is 4.90 Å². The molecule has 0 radical (unpaired) electrons. The smallest absolute Gasteiger partial charge is 0.0355 e. The Balaban J connectivity index is 2.81. The summed E-state index contributed by atoms with van der Waals surface area (Å²) in [5.74, 6) is 0. The number of likely N-dealkylation sites (N-methyl/N-ethyl adjacent to an activating group) is 1. The van der Waals surface area contributed by atoms with E-state index in [9.17, 15) is 0 Å². The Morgan fingerprint density at radius 1 is 1.31 bits per heavy atom. The second-order valence-electron chi connectivity index (χ2n) is 4.14. The molecule has 13 heavy (non-hydrogen) atoms. The molecule has 0 amide bonds. The fourth-order valence-corrected chi connectivity index (χ4v) is 2.92. The topological polar surface area (TPSA) is 29.3 Å². The second kappa shape index (κ2) is 4.43. The predicted octanol–water partition coefficient (Wildman–Crippen LogP) is 1.99. The Morgan fingerprint density at radius 2 is 1.92 bits per heavy atom. The van der Waals surface area contributed by atoms with E-state index in [1.807, 2.05) is 0 Å². The monoisotopic (exact) mass is 184 g/mol. The highest BCUT2D eigenvalue weighted by Gasteiger charge is 2.40. The molecule has 2 N–H and O–H groups in total. The van der Waals surface area contributed by atoms with Crippen LogP contribution in [0.1, 0.15) is 46.5 Å². The van der Waals surface area contributed by atoms with Gasteiger partial charge in [-0.1, -0.05) is 20.8 Å². The Bertz CT molecular complexity index is 152. The van der Waals surface area contributed by atoms with E-state index in [0.717, 1.165) is 6.54 Å². The summed E-state index contributed by atoms with van der Waals surface area (Å²) in [5, 5.41) is 0. The minimum absolute atomic E-state index is 0.299. The number of hydrogen-bond acceptors (Lipinski definition) is 2. The van der Waals surface area contributed by atoms with Gasteiger partial charge in [0.15, 0.2) is 0 Å². The molecular weight excluding hydrogens is 160 g/mol. The van der Waals surface area contributed by atoms with Crippen molar-refractivity contribution in [2.75, 3.05) is 13.1 Å². The van der Waals surface area contributed by atoms with E-state index in [2.05, 4.69) is 25.7 Å². The maximum absolute atomic E-state index is 6.26. The van der Waals surface area contributed by atoms with Gasteiger partial charge in [0, 0.05) is 11.6 Å². The highest BCUT2D eigenvalue weighted by Crippen LogP contribution is 2.32. The quantitative estimate of drug-likeness (QED) is 0.727. The number of rotatable bonds is 3. The fraction of sp³-hybridized carbons (Fsp3) is 1.00. The molecular formula is C11H24N2. The van der Waals surface area contributed by atoms with Crippen molar-refractivity contribution < 1.29 is 0 Å². The van der Waals surface area contributed by atoms with Crippen molar-refractivity contribution in [3.8, 4) is 0 Å². The molecule has 1 unspecified atom stereocenters. The lowest BCUT2D eigenvalue weighted by Gasteiger charge is -2.50. The third-order valence-electron chi connectivity index (χ3n) is 3.87. The zero-order chi connectivity index (χ0) is 9.90. The molecule has 0 bridgehead atoms. The van der Waals surface area contributed by atoms with Gasteiger partial charge >= 0.3 is 0 Å². The Kier molecular flexibility index (Phi) is 3.74. The largest absolute Gasteiger partial charge is 0.326 e. The predicted molar refractivity (Wildman–Crippen MR) is 57.8 cm³/mol. The minimum atomic E-state index is 0.299. The Hall–Kier alpha value is -0.0800. The van der Waals surface area contributed by atoms with E-state index in [1.54, 1.807) is 0 Å². The van der Waals surface area contributed by atoms with E-state index in [4.69, 9.17) is 5.73 Å². The zero-order valence-electron chi connectivity index (χ0n) is 9.34. The van der Waals surface area contributed by atoms with E-state index >= 15 is 0 Å². The lowest BCUT2D eigenvalue weighted by molar-refractivity contribution is 0.0253. The van der Waals surface area contributed by atoms with Crippen molar-refractivity contribution >= 4 is 0 Å². The molecule has 1 aliphatic heterocycles. The van der Waals surface area contributed by atoms with Gasteiger partial charge in [0.2, 0.25) is 0 Å². The minimum Gasteiger partial charge on any atom is -0.326 e. The van der Waals surface area contributed by atoms with Gasteiger partial charge in [0.25, 0.3) is 0 Å². The first kappa shape index (κ1) is 11.0. The van der Waals surface area contributed by atoms with Crippen LogP contribution < -0.4 is 5.73 Å². The molecule has 1 rings (SSSR count). The Morgan fingerprint density at radius 3 is 2.31 bits per heavy atom. The van der Waals surface area contributed by atoms with Gasteiger partial charge in [-0.25, -0.2) is 0 Å². The average molecular weight is 184 g/mol. The molecule has 1 heterocycles. The van der Waals surface area contributed by atoms with Crippen molar-refractivity contribution in [2.24, 2.45) is 5.73 Å². The number of nitrogens with two attached hydrogens (primary N) is 1. The van der Waals surface area contributed by atoms with Crippen molar-refractivity contribution in [1.29, 1.82) is 0 Å². The third-order valence-corrected chi connectivity index (χ3v) is 3.87. The highest BCUT2D eigenvalue weighted by molar-refractivity contribution is 4.99. The third kappa shape index (κ3) is 1.75. The van der Waals surface area contributed by atoms with Crippen LogP contribution in [0.3, 0.4) is 0 Å². The van der Waals surface area contributed by atoms with Crippen LogP contribution in [0.4, 0.5) is 0 Å². The molecule has 1 aliphatic rings. The fourth-order valence-electron chi connectivity index (χ4n) is 2.92. The van der Waals surface area contributed by atoms with Crippen LogP contribution in [0.15, 0.2) is 0 Å². The van der Waals surface area contributed by atoms with E-state index in [0.29, 0.717) is 11.6 Å². The lowest BCUT2D eigenvalue weighted by atomic mass is 9.78. The average Bonchev–Trinajstić information content (AvgIpc) is 2.18. The molecule has 0 saturated carbocycles. The van der Waals surface area contributed by atoms with Crippen LogP contribution in [0, 0.1) is 0 Å². The highest BCUT2D eigenvalue weighted by atomic mass is 15.2. The van der Waals surface area contributed by atoms with Crippen LogP contribution in [0.5, 0.6) is 0 Å². The first-order chi connectivity index (χ1) is 6.21. The summed E-state index contributed by atoms with van der Waals surface area (Å²) in [6.45, 7) is 9.19. The summed E-state index contributed by atoms with van der Waals surface area (Å²) < 4.78 is 0. The molecule has 1 fully saturated rings. The molecule has 0 aromatic carbocycles. The van der Waals surface area contributed by atoms with Crippen LogP contribution in [-0.4, -0.2) is 29.6 Å². The Labute approximate surface area is 82.5 Å². The van der Waals surface area contributed by atoms with Gasteiger partial charge in [0.1, 0.15) is 0 Å². The van der Waals surface area contributed by atoms with Gasteiger partial charge in [-0.2, -0.15) is 0 Å². The maximum atomic E-state index is 6.26.